The molecule has 2 aromatic carbocycles. The third kappa shape index (κ3) is 5.44. The first-order valence-electron chi connectivity index (χ1n) is 8.90. The van der Waals surface area contributed by atoms with Crippen molar-refractivity contribution < 1.29 is 9.53 Å². The quantitative estimate of drug-likeness (QED) is 0.610. The van der Waals surface area contributed by atoms with Crippen molar-refractivity contribution in [3.8, 4) is 5.75 Å². The molecule has 1 heterocycles. The molecule has 0 saturated carbocycles. The van der Waals surface area contributed by atoms with Crippen LogP contribution in [0.5, 0.6) is 5.75 Å². The normalized spacial score (nSPS) is 10.6. The Bertz CT molecular complexity index is 928. The van der Waals surface area contributed by atoms with E-state index >= 15 is 0 Å². The van der Waals surface area contributed by atoms with E-state index < -0.39 is 0 Å². The SMILES string of the molecule is CC(C)Oc1ccccc1Nc1ccc(C(=O)NCc2ccc(Cl)cc2)nn1. The highest BCUT2D eigenvalue weighted by molar-refractivity contribution is 6.30. The maximum absolute atomic E-state index is 12.2. The fourth-order valence-corrected chi connectivity index (χ4v) is 2.59. The van der Waals surface area contributed by atoms with Crippen LogP contribution in [0, 0.1) is 0 Å². The molecule has 0 aliphatic carbocycles. The average Bonchev–Trinajstić information content (AvgIpc) is 2.69. The first-order valence-corrected chi connectivity index (χ1v) is 9.28. The molecule has 2 N–H and O–H groups in total. The summed E-state index contributed by atoms with van der Waals surface area (Å²) in [6.45, 7) is 4.32. The van der Waals surface area contributed by atoms with Gasteiger partial charge in [-0.3, -0.25) is 4.79 Å². The summed E-state index contributed by atoms with van der Waals surface area (Å²) in [7, 11) is 0. The van der Waals surface area contributed by atoms with Gasteiger partial charge in [0.1, 0.15) is 5.75 Å². The molecule has 0 aliphatic rings. The number of ether oxygens (including phenoxy) is 1. The molecule has 7 heteroatoms. The van der Waals surface area contributed by atoms with Gasteiger partial charge in [-0.1, -0.05) is 35.9 Å². The van der Waals surface area contributed by atoms with Crippen molar-refractivity contribution in [3.63, 3.8) is 0 Å². The number of para-hydroxylation sites is 2. The zero-order valence-corrected chi connectivity index (χ0v) is 16.4. The number of aromatic nitrogens is 2. The summed E-state index contributed by atoms with van der Waals surface area (Å²) in [6.07, 6.45) is 0.0562. The van der Waals surface area contributed by atoms with Gasteiger partial charge in [-0.15, -0.1) is 10.2 Å². The Balaban J connectivity index is 1.62. The molecule has 3 aromatic rings. The lowest BCUT2D eigenvalue weighted by atomic mass is 10.2. The molecular weight excluding hydrogens is 376 g/mol. The zero-order valence-electron chi connectivity index (χ0n) is 15.6. The Labute approximate surface area is 168 Å². The predicted octanol–water partition coefficient (Wildman–Crippen LogP) is 4.59. The molecule has 1 aromatic heterocycles. The Morgan fingerprint density at radius 2 is 1.79 bits per heavy atom. The molecule has 0 unspecified atom stereocenters. The zero-order chi connectivity index (χ0) is 19.9. The van der Waals surface area contributed by atoms with Crippen LogP contribution < -0.4 is 15.4 Å². The first kappa shape index (κ1) is 19.6. The largest absolute Gasteiger partial charge is 0.489 e. The van der Waals surface area contributed by atoms with E-state index in [0.29, 0.717) is 17.4 Å². The van der Waals surface area contributed by atoms with Gasteiger partial charge in [-0.05, 0) is 55.8 Å². The van der Waals surface area contributed by atoms with Crippen molar-refractivity contribution in [1.29, 1.82) is 0 Å². The molecule has 28 heavy (non-hydrogen) atoms. The van der Waals surface area contributed by atoms with Gasteiger partial charge in [0.15, 0.2) is 11.5 Å². The summed E-state index contributed by atoms with van der Waals surface area (Å²) in [6, 6.07) is 18.2. The molecule has 0 bridgehead atoms. The number of hydrogen-bond acceptors (Lipinski definition) is 5. The Morgan fingerprint density at radius 1 is 1.04 bits per heavy atom. The highest BCUT2D eigenvalue weighted by Crippen LogP contribution is 2.27. The molecular formula is C21H21ClN4O2. The number of benzene rings is 2. The standard InChI is InChI=1S/C21H21ClN4O2/c1-14(2)28-19-6-4-3-5-17(19)24-20-12-11-18(25-26-20)21(27)23-13-15-7-9-16(22)10-8-15/h3-12,14H,13H2,1-2H3,(H,23,27)(H,24,26). The molecule has 0 saturated heterocycles. The fourth-order valence-electron chi connectivity index (χ4n) is 2.46. The number of carbonyl (C=O) groups excluding carboxylic acids is 1. The van der Waals surface area contributed by atoms with Crippen molar-refractivity contribution >= 4 is 29.0 Å². The first-order chi connectivity index (χ1) is 13.5. The molecule has 0 atom stereocenters. The Kier molecular flexibility index (Phi) is 6.45. The summed E-state index contributed by atoms with van der Waals surface area (Å²) in [4.78, 5) is 12.2. The minimum Gasteiger partial charge on any atom is -0.489 e. The number of nitrogens with zero attached hydrogens (tertiary/aromatic N) is 2. The van der Waals surface area contributed by atoms with Crippen molar-refractivity contribution in [2.24, 2.45) is 0 Å². The molecule has 1 amide bonds. The molecule has 144 valence electrons. The van der Waals surface area contributed by atoms with Crippen molar-refractivity contribution in [1.82, 2.24) is 15.5 Å². The summed E-state index contributed by atoms with van der Waals surface area (Å²) < 4.78 is 5.78. The highest BCUT2D eigenvalue weighted by atomic mass is 35.5. The second kappa shape index (κ2) is 9.19. The molecule has 6 nitrogen and oxygen atoms in total. The molecule has 0 fully saturated rings. The third-order valence-corrected chi connectivity index (χ3v) is 4.03. The van der Waals surface area contributed by atoms with Gasteiger partial charge < -0.3 is 15.4 Å². The number of nitrogens with one attached hydrogen (secondary N) is 2. The van der Waals surface area contributed by atoms with E-state index in [1.54, 1.807) is 24.3 Å². The number of carbonyl (C=O) groups is 1. The van der Waals surface area contributed by atoms with Crippen LogP contribution in [0.4, 0.5) is 11.5 Å². The summed E-state index contributed by atoms with van der Waals surface area (Å²) >= 11 is 5.86. The summed E-state index contributed by atoms with van der Waals surface area (Å²) in [5.41, 5.74) is 1.97. The fraction of sp³-hybridized carbons (Fsp3) is 0.190. The van der Waals surface area contributed by atoms with E-state index in [4.69, 9.17) is 16.3 Å². The van der Waals surface area contributed by atoms with Gasteiger partial charge >= 0.3 is 0 Å². The smallest absolute Gasteiger partial charge is 0.272 e. The maximum Gasteiger partial charge on any atom is 0.272 e. The van der Waals surface area contributed by atoms with E-state index in [2.05, 4.69) is 20.8 Å². The van der Waals surface area contributed by atoms with E-state index in [9.17, 15) is 4.79 Å². The van der Waals surface area contributed by atoms with E-state index in [-0.39, 0.29) is 17.7 Å². The minimum atomic E-state index is -0.294. The van der Waals surface area contributed by atoms with Gasteiger partial charge in [-0.2, -0.15) is 0 Å². The Hall–Kier alpha value is -3.12. The lowest BCUT2D eigenvalue weighted by Gasteiger charge is -2.14. The van der Waals surface area contributed by atoms with Gasteiger partial charge in [0, 0.05) is 11.6 Å². The average molecular weight is 397 g/mol. The number of rotatable bonds is 7. The van der Waals surface area contributed by atoms with Crippen LogP contribution in [-0.2, 0) is 6.54 Å². The second-order valence-corrected chi connectivity index (χ2v) is 6.84. The molecule has 0 aliphatic heterocycles. The second-order valence-electron chi connectivity index (χ2n) is 6.40. The van der Waals surface area contributed by atoms with Crippen molar-refractivity contribution in [2.45, 2.75) is 26.5 Å². The third-order valence-electron chi connectivity index (χ3n) is 3.78. The van der Waals surface area contributed by atoms with Crippen molar-refractivity contribution in [2.75, 3.05) is 5.32 Å². The van der Waals surface area contributed by atoms with E-state index in [0.717, 1.165) is 17.0 Å². The van der Waals surface area contributed by atoms with Crippen LogP contribution in [0.25, 0.3) is 0 Å². The summed E-state index contributed by atoms with van der Waals surface area (Å²) in [5.74, 6) is 0.954. The molecule has 0 spiro atoms. The van der Waals surface area contributed by atoms with E-state index in [1.165, 1.54) is 0 Å². The lowest BCUT2D eigenvalue weighted by Crippen LogP contribution is -2.24. The van der Waals surface area contributed by atoms with Gasteiger partial charge in [0.05, 0.1) is 11.8 Å². The number of hydrogen-bond donors (Lipinski definition) is 2. The van der Waals surface area contributed by atoms with Gasteiger partial charge in [-0.25, -0.2) is 0 Å². The van der Waals surface area contributed by atoms with Crippen LogP contribution in [-0.4, -0.2) is 22.2 Å². The van der Waals surface area contributed by atoms with Crippen LogP contribution in [0.1, 0.15) is 29.9 Å². The number of halogens is 1. The Morgan fingerprint density at radius 3 is 2.46 bits per heavy atom. The monoisotopic (exact) mass is 396 g/mol. The number of anilines is 2. The predicted molar refractivity (Wildman–Crippen MR) is 110 cm³/mol. The van der Waals surface area contributed by atoms with E-state index in [1.807, 2.05) is 50.2 Å². The topological polar surface area (TPSA) is 76.1 Å². The van der Waals surface area contributed by atoms with Crippen LogP contribution in [0.3, 0.4) is 0 Å². The van der Waals surface area contributed by atoms with Crippen LogP contribution in [0.15, 0.2) is 60.7 Å². The van der Waals surface area contributed by atoms with Crippen molar-refractivity contribution in [3.05, 3.63) is 76.9 Å². The lowest BCUT2D eigenvalue weighted by molar-refractivity contribution is 0.0945. The van der Waals surface area contributed by atoms with Crippen LogP contribution >= 0.6 is 11.6 Å². The summed E-state index contributed by atoms with van der Waals surface area (Å²) in [5, 5.41) is 14.7. The highest BCUT2D eigenvalue weighted by Gasteiger charge is 2.10. The van der Waals surface area contributed by atoms with Crippen LogP contribution in [0.2, 0.25) is 5.02 Å². The molecule has 3 rings (SSSR count). The molecule has 0 radical (unpaired) electrons. The minimum absolute atomic E-state index is 0.0562. The number of amides is 1. The van der Waals surface area contributed by atoms with Gasteiger partial charge in [0.2, 0.25) is 0 Å². The van der Waals surface area contributed by atoms with Gasteiger partial charge in [0.25, 0.3) is 5.91 Å². The maximum atomic E-state index is 12.2.